The predicted octanol–water partition coefficient (Wildman–Crippen LogP) is 2.06. The molecule has 0 heterocycles. The summed E-state index contributed by atoms with van der Waals surface area (Å²) in [6.07, 6.45) is 1.57. The topological polar surface area (TPSA) is 96.0 Å². The predicted molar refractivity (Wildman–Crippen MR) is 125 cm³/mol. The van der Waals surface area contributed by atoms with Gasteiger partial charge in [-0.25, -0.2) is 8.42 Å². The largest absolute Gasteiger partial charge is 0.495 e. The minimum absolute atomic E-state index is 0.263. The maximum Gasteiger partial charge on any atom is 0.244 e. The first-order valence-corrected chi connectivity index (χ1v) is 12.3. The average molecular weight is 462 g/mol. The first kappa shape index (κ1) is 25.2. The summed E-state index contributed by atoms with van der Waals surface area (Å²) in [5.74, 6) is -0.438. The summed E-state index contributed by atoms with van der Waals surface area (Å²) in [6.45, 7) is 3.69. The standard InChI is InChI=1S/C23H31N3O5S/c1-5-24-23(28)18(2)25(16-15-19-11-7-6-8-12-19)22(27)17-26(32(4,29)30)20-13-9-10-14-21(20)31-3/h6-14,18H,5,15-17H2,1-4H3,(H,24,28). The Morgan fingerprint density at radius 2 is 1.69 bits per heavy atom. The van der Waals surface area contributed by atoms with E-state index in [0.29, 0.717) is 18.7 Å². The molecule has 2 aromatic rings. The number of hydrogen-bond donors (Lipinski definition) is 1. The van der Waals surface area contributed by atoms with Crippen LogP contribution < -0.4 is 14.4 Å². The molecule has 1 unspecified atom stereocenters. The summed E-state index contributed by atoms with van der Waals surface area (Å²) >= 11 is 0. The number of nitrogens with one attached hydrogen (secondary N) is 1. The summed E-state index contributed by atoms with van der Waals surface area (Å²) in [6, 6.07) is 15.4. The van der Waals surface area contributed by atoms with Crippen LogP contribution in [0.15, 0.2) is 54.6 Å². The van der Waals surface area contributed by atoms with E-state index < -0.39 is 28.5 Å². The number of carbonyl (C=O) groups excluding carboxylic acids is 2. The molecule has 0 spiro atoms. The molecule has 0 aliphatic rings. The van der Waals surface area contributed by atoms with Gasteiger partial charge >= 0.3 is 0 Å². The van der Waals surface area contributed by atoms with E-state index in [-0.39, 0.29) is 18.1 Å². The Morgan fingerprint density at radius 3 is 2.28 bits per heavy atom. The Morgan fingerprint density at radius 1 is 1.06 bits per heavy atom. The number of sulfonamides is 1. The Hall–Kier alpha value is -3.07. The first-order valence-electron chi connectivity index (χ1n) is 10.4. The molecule has 0 aliphatic heterocycles. The van der Waals surface area contributed by atoms with Crippen molar-refractivity contribution < 1.29 is 22.7 Å². The van der Waals surface area contributed by atoms with E-state index >= 15 is 0 Å². The smallest absolute Gasteiger partial charge is 0.244 e. The molecule has 0 saturated heterocycles. The van der Waals surface area contributed by atoms with Gasteiger partial charge in [0.15, 0.2) is 0 Å². The maximum atomic E-state index is 13.3. The molecular weight excluding hydrogens is 430 g/mol. The Labute approximate surface area is 190 Å². The highest BCUT2D eigenvalue weighted by molar-refractivity contribution is 7.92. The zero-order valence-electron chi connectivity index (χ0n) is 18.9. The van der Waals surface area contributed by atoms with Gasteiger partial charge in [0.2, 0.25) is 21.8 Å². The normalized spacial score (nSPS) is 12.0. The van der Waals surface area contributed by atoms with Crippen molar-refractivity contribution >= 4 is 27.5 Å². The van der Waals surface area contributed by atoms with Crippen molar-refractivity contribution in [2.75, 3.05) is 37.3 Å². The fourth-order valence-corrected chi connectivity index (χ4v) is 4.18. The lowest BCUT2D eigenvalue weighted by molar-refractivity contribution is -0.138. The van der Waals surface area contributed by atoms with E-state index in [4.69, 9.17) is 4.74 Å². The van der Waals surface area contributed by atoms with Crippen molar-refractivity contribution in [3.63, 3.8) is 0 Å². The van der Waals surface area contributed by atoms with Crippen molar-refractivity contribution in [2.24, 2.45) is 0 Å². The van der Waals surface area contributed by atoms with Crippen molar-refractivity contribution in [1.29, 1.82) is 0 Å². The zero-order valence-corrected chi connectivity index (χ0v) is 19.8. The molecule has 2 amide bonds. The lowest BCUT2D eigenvalue weighted by Crippen LogP contribution is -2.52. The molecule has 2 rings (SSSR count). The highest BCUT2D eigenvalue weighted by atomic mass is 32.2. The van der Waals surface area contributed by atoms with E-state index in [2.05, 4.69) is 5.32 Å². The summed E-state index contributed by atoms with van der Waals surface area (Å²) in [4.78, 5) is 27.3. The molecule has 0 aromatic heterocycles. The Balaban J connectivity index is 2.33. The van der Waals surface area contributed by atoms with Crippen molar-refractivity contribution in [3.05, 3.63) is 60.2 Å². The van der Waals surface area contributed by atoms with E-state index in [1.54, 1.807) is 38.1 Å². The van der Waals surface area contributed by atoms with Gasteiger partial charge in [-0.1, -0.05) is 42.5 Å². The van der Waals surface area contributed by atoms with Crippen LogP contribution in [-0.2, 0) is 26.0 Å². The van der Waals surface area contributed by atoms with Crippen LogP contribution in [-0.4, -0.2) is 64.2 Å². The van der Waals surface area contributed by atoms with Crippen LogP contribution in [0.5, 0.6) is 5.75 Å². The molecule has 0 aliphatic carbocycles. The lowest BCUT2D eigenvalue weighted by atomic mass is 10.1. The van der Waals surface area contributed by atoms with Crippen LogP contribution in [0.2, 0.25) is 0 Å². The maximum absolute atomic E-state index is 13.3. The van der Waals surface area contributed by atoms with Gasteiger partial charge in [0.05, 0.1) is 19.1 Å². The van der Waals surface area contributed by atoms with Crippen molar-refractivity contribution in [1.82, 2.24) is 10.2 Å². The minimum Gasteiger partial charge on any atom is -0.495 e. The number of hydrogen-bond acceptors (Lipinski definition) is 5. The molecule has 174 valence electrons. The number of rotatable bonds is 11. The molecule has 9 heteroatoms. The van der Waals surface area contributed by atoms with Gasteiger partial charge in [-0.15, -0.1) is 0 Å². The Bertz CT molecular complexity index is 1010. The number of methoxy groups -OCH3 is 1. The number of amides is 2. The number of nitrogens with zero attached hydrogens (tertiary/aromatic N) is 2. The quantitative estimate of drug-likeness (QED) is 0.553. The summed E-state index contributed by atoms with van der Waals surface area (Å²) in [5, 5.41) is 2.73. The number of carbonyl (C=O) groups is 2. The minimum atomic E-state index is -3.80. The fraction of sp³-hybridized carbons (Fsp3) is 0.391. The third-order valence-electron chi connectivity index (χ3n) is 5.04. The average Bonchev–Trinajstić information content (AvgIpc) is 2.77. The highest BCUT2D eigenvalue weighted by Crippen LogP contribution is 2.29. The van der Waals surface area contributed by atoms with Crippen molar-refractivity contribution in [2.45, 2.75) is 26.3 Å². The van der Waals surface area contributed by atoms with Gasteiger partial charge in [-0.05, 0) is 38.0 Å². The van der Waals surface area contributed by atoms with E-state index in [9.17, 15) is 18.0 Å². The monoisotopic (exact) mass is 461 g/mol. The molecule has 0 bridgehead atoms. The molecular formula is C23H31N3O5S. The van der Waals surface area contributed by atoms with Gasteiger partial charge in [0.1, 0.15) is 18.3 Å². The van der Waals surface area contributed by atoms with Crippen LogP contribution in [0.4, 0.5) is 5.69 Å². The highest BCUT2D eigenvalue weighted by Gasteiger charge is 2.30. The number of para-hydroxylation sites is 2. The third kappa shape index (κ3) is 6.71. The van der Waals surface area contributed by atoms with Gasteiger partial charge in [-0.3, -0.25) is 13.9 Å². The zero-order chi connectivity index (χ0) is 23.7. The van der Waals surface area contributed by atoms with Gasteiger partial charge in [-0.2, -0.15) is 0 Å². The second kappa shape index (κ2) is 11.5. The molecule has 1 N–H and O–H groups in total. The molecule has 0 saturated carbocycles. The second-order valence-corrected chi connectivity index (χ2v) is 9.24. The number of benzene rings is 2. The van der Waals surface area contributed by atoms with Gasteiger partial charge < -0.3 is 15.0 Å². The third-order valence-corrected chi connectivity index (χ3v) is 6.16. The number of anilines is 1. The van der Waals surface area contributed by atoms with Crippen molar-refractivity contribution in [3.8, 4) is 5.75 Å². The van der Waals surface area contributed by atoms with Gasteiger partial charge in [0.25, 0.3) is 0 Å². The first-order chi connectivity index (χ1) is 15.2. The fourth-order valence-electron chi connectivity index (χ4n) is 3.32. The molecule has 2 aromatic carbocycles. The van der Waals surface area contributed by atoms with Crippen LogP contribution >= 0.6 is 0 Å². The number of ether oxygens (including phenoxy) is 1. The number of likely N-dealkylation sites (N-methyl/N-ethyl adjacent to an activating group) is 1. The Kier molecular flexibility index (Phi) is 9.07. The molecule has 0 radical (unpaired) electrons. The molecule has 1 atom stereocenters. The second-order valence-electron chi connectivity index (χ2n) is 7.33. The van der Waals surface area contributed by atoms with Crippen LogP contribution in [0.3, 0.4) is 0 Å². The van der Waals surface area contributed by atoms with E-state index in [1.807, 2.05) is 30.3 Å². The summed E-state index contributed by atoms with van der Waals surface area (Å²) in [5.41, 5.74) is 1.28. The lowest BCUT2D eigenvalue weighted by Gasteiger charge is -2.31. The molecule has 8 nitrogen and oxygen atoms in total. The van der Waals surface area contributed by atoms with Crippen LogP contribution in [0.1, 0.15) is 19.4 Å². The van der Waals surface area contributed by atoms with E-state index in [0.717, 1.165) is 16.1 Å². The van der Waals surface area contributed by atoms with Crippen LogP contribution in [0, 0.1) is 0 Å². The van der Waals surface area contributed by atoms with E-state index in [1.165, 1.54) is 12.0 Å². The molecule has 0 fully saturated rings. The van der Waals surface area contributed by atoms with Gasteiger partial charge in [0, 0.05) is 13.1 Å². The molecule has 32 heavy (non-hydrogen) atoms. The summed E-state index contributed by atoms with van der Waals surface area (Å²) < 4.78 is 31.4. The summed E-state index contributed by atoms with van der Waals surface area (Å²) in [7, 11) is -2.36. The van der Waals surface area contributed by atoms with Crippen LogP contribution in [0.25, 0.3) is 0 Å². The SMILES string of the molecule is CCNC(=O)C(C)N(CCc1ccccc1)C(=O)CN(c1ccccc1OC)S(C)(=O)=O.